The van der Waals surface area contributed by atoms with Crippen LogP contribution in [0.1, 0.15) is 17.2 Å². The Labute approximate surface area is 200 Å². The van der Waals surface area contributed by atoms with Crippen molar-refractivity contribution in [2.75, 3.05) is 44.7 Å². The Morgan fingerprint density at radius 1 is 1.09 bits per heavy atom. The van der Waals surface area contributed by atoms with Crippen LogP contribution in [0.4, 0.5) is 10.1 Å². The van der Waals surface area contributed by atoms with E-state index in [0.29, 0.717) is 37.6 Å². The summed E-state index contributed by atoms with van der Waals surface area (Å²) in [5, 5.41) is 0. The maximum absolute atomic E-state index is 14.2. The van der Waals surface area contributed by atoms with Crippen molar-refractivity contribution in [3.05, 3.63) is 83.9 Å². The zero-order chi connectivity index (χ0) is 24.1. The molecule has 2 heterocycles. The van der Waals surface area contributed by atoms with Crippen LogP contribution in [-0.2, 0) is 10.0 Å². The standard InChI is InChI=1S/C25H29FN4O3S/c1-19-16-21(9-10-25(19)33-2)34(31,32)28-18-24(20-6-5-11-27-17-20)30-14-12-29(13-15-30)23-8-4-3-7-22(23)26/h3-11,16-17,24,28H,12-15,18H2,1-2H3/t24-/m0/s1. The van der Waals surface area contributed by atoms with Crippen molar-refractivity contribution in [1.29, 1.82) is 0 Å². The average molecular weight is 485 g/mol. The van der Waals surface area contributed by atoms with Crippen LogP contribution in [0.2, 0.25) is 0 Å². The fraction of sp³-hybridized carbons (Fsp3) is 0.320. The van der Waals surface area contributed by atoms with Crippen molar-refractivity contribution in [2.24, 2.45) is 0 Å². The number of sulfonamides is 1. The van der Waals surface area contributed by atoms with Crippen LogP contribution in [0.3, 0.4) is 0 Å². The molecular formula is C25H29FN4O3S. The van der Waals surface area contributed by atoms with Crippen LogP contribution in [0.15, 0.2) is 71.9 Å². The van der Waals surface area contributed by atoms with Crippen molar-refractivity contribution in [1.82, 2.24) is 14.6 Å². The van der Waals surface area contributed by atoms with Gasteiger partial charge in [-0.25, -0.2) is 17.5 Å². The first-order valence-corrected chi connectivity index (χ1v) is 12.6. The smallest absolute Gasteiger partial charge is 0.240 e. The second kappa shape index (κ2) is 10.5. The summed E-state index contributed by atoms with van der Waals surface area (Å²) >= 11 is 0. The van der Waals surface area contributed by atoms with E-state index in [1.807, 2.05) is 30.0 Å². The number of benzene rings is 2. The molecule has 2 aromatic carbocycles. The highest BCUT2D eigenvalue weighted by atomic mass is 32.2. The summed E-state index contributed by atoms with van der Waals surface area (Å²) in [7, 11) is -2.17. The number of methoxy groups -OCH3 is 1. The van der Waals surface area contributed by atoms with Crippen LogP contribution in [0.5, 0.6) is 5.75 Å². The molecule has 1 aliphatic heterocycles. The van der Waals surface area contributed by atoms with Crippen LogP contribution in [0.25, 0.3) is 0 Å². The van der Waals surface area contributed by atoms with Crippen molar-refractivity contribution >= 4 is 15.7 Å². The second-order valence-electron chi connectivity index (χ2n) is 8.26. The number of pyridine rings is 1. The van der Waals surface area contributed by atoms with Crippen molar-refractivity contribution in [3.8, 4) is 5.75 Å². The number of nitrogens with zero attached hydrogens (tertiary/aromatic N) is 3. The Morgan fingerprint density at radius 3 is 2.50 bits per heavy atom. The largest absolute Gasteiger partial charge is 0.496 e. The monoisotopic (exact) mass is 484 g/mol. The summed E-state index contributed by atoms with van der Waals surface area (Å²) in [5.41, 5.74) is 2.27. The number of hydrogen-bond donors (Lipinski definition) is 1. The zero-order valence-corrected chi connectivity index (χ0v) is 20.1. The molecule has 7 nitrogen and oxygen atoms in total. The number of piperazine rings is 1. The van der Waals surface area contributed by atoms with Gasteiger partial charge in [-0.15, -0.1) is 0 Å². The molecule has 180 valence electrons. The lowest BCUT2D eigenvalue weighted by atomic mass is 10.1. The molecule has 9 heteroatoms. The van der Waals surface area contributed by atoms with E-state index in [4.69, 9.17) is 4.74 Å². The third-order valence-electron chi connectivity index (χ3n) is 6.16. The summed E-state index contributed by atoms with van der Waals surface area (Å²) in [4.78, 5) is 8.67. The van der Waals surface area contributed by atoms with E-state index >= 15 is 0 Å². The molecule has 34 heavy (non-hydrogen) atoms. The van der Waals surface area contributed by atoms with E-state index in [1.165, 1.54) is 6.07 Å². The minimum absolute atomic E-state index is 0.193. The molecule has 1 fully saturated rings. The molecule has 1 saturated heterocycles. The SMILES string of the molecule is COc1ccc(S(=O)(=O)NC[C@@H](c2cccnc2)N2CCN(c3ccccc3F)CC2)cc1C. The van der Waals surface area contributed by atoms with E-state index in [-0.39, 0.29) is 23.3 Å². The van der Waals surface area contributed by atoms with Gasteiger partial charge in [-0.05, 0) is 54.4 Å². The molecular weight excluding hydrogens is 455 g/mol. The number of para-hydroxylation sites is 1. The van der Waals surface area contributed by atoms with Crippen molar-refractivity contribution in [3.63, 3.8) is 0 Å². The van der Waals surface area contributed by atoms with Gasteiger partial charge in [0.2, 0.25) is 10.0 Å². The predicted molar refractivity (Wildman–Crippen MR) is 130 cm³/mol. The van der Waals surface area contributed by atoms with Gasteiger partial charge in [-0.1, -0.05) is 18.2 Å². The lowest BCUT2D eigenvalue weighted by Crippen LogP contribution is -2.50. The molecule has 0 saturated carbocycles. The maximum atomic E-state index is 14.2. The highest BCUT2D eigenvalue weighted by molar-refractivity contribution is 7.89. The Balaban J connectivity index is 1.49. The van der Waals surface area contributed by atoms with E-state index in [0.717, 1.165) is 11.1 Å². The first kappa shape index (κ1) is 24.1. The third-order valence-corrected chi connectivity index (χ3v) is 7.58. The van der Waals surface area contributed by atoms with Gasteiger partial charge < -0.3 is 9.64 Å². The van der Waals surface area contributed by atoms with E-state index in [2.05, 4.69) is 14.6 Å². The number of rotatable bonds is 8. The number of aromatic nitrogens is 1. The van der Waals surface area contributed by atoms with E-state index in [9.17, 15) is 12.8 Å². The number of ether oxygens (including phenoxy) is 1. The lowest BCUT2D eigenvalue weighted by Gasteiger charge is -2.40. The quantitative estimate of drug-likeness (QED) is 0.529. The first-order valence-electron chi connectivity index (χ1n) is 11.2. The Hall–Kier alpha value is -3.01. The van der Waals surface area contributed by atoms with Gasteiger partial charge in [0.25, 0.3) is 0 Å². The molecule has 0 amide bonds. The fourth-order valence-corrected chi connectivity index (χ4v) is 5.43. The predicted octanol–water partition coefficient (Wildman–Crippen LogP) is 3.38. The van der Waals surface area contributed by atoms with Gasteiger partial charge in [0.05, 0.1) is 23.7 Å². The molecule has 1 N–H and O–H groups in total. The van der Waals surface area contributed by atoms with E-state index in [1.54, 1.807) is 49.8 Å². The van der Waals surface area contributed by atoms with Gasteiger partial charge in [0, 0.05) is 45.1 Å². The van der Waals surface area contributed by atoms with Gasteiger partial charge in [0.15, 0.2) is 0 Å². The Morgan fingerprint density at radius 2 is 1.85 bits per heavy atom. The Bertz CT molecular complexity index is 1220. The Kier molecular flexibility index (Phi) is 7.45. The van der Waals surface area contributed by atoms with E-state index < -0.39 is 10.0 Å². The number of halogens is 1. The highest BCUT2D eigenvalue weighted by Gasteiger charge is 2.28. The summed E-state index contributed by atoms with van der Waals surface area (Å²) in [6.45, 7) is 4.61. The van der Waals surface area contributed by atoms with Crippen LogP contribution in [-0.4, -0.2) is 58.1 Å². The van der Waals surface area contributed by atoms with Gasteiger partial charge in [0.1, 0.15) is 11.6 Å². The topological polar surface area (TPSA) is 74.8 Å². The number of anilines is 1. The second-order valence-corrected chi connectivity index (χ2v) is 10.0. The molecule has 0 spiro atoms. The number of hydrogen-bond acceptors (Lipinski definition) is 6. The lowest BCUT2D eigenvalue weighted by molar-refractivity contribution is 0.186. The highest BCUT2D eigenvalue weighted by Crippen LogP contribution is 2.26. The summed E-state index contributed by atoms with van der Waals surface area (Å²) in [6, 6.07) is 15.2. The average Bonchev–Trinajstić information content (AvgIpc) is 2.85. The van der Waals surface area contributed by atoms with Crippen LogP contribution in [0, 0.1) is 12.7 Å². The van der Waals surface area contributed by atoms with Crippen molar-refractivity contribution < 1.29 is 17.5 Å². The van der Waals surface area contributed by atoms with Gasteiger partial charge >= 0.3 is 0 Å². The first-order chi connectivity index (χ1) is 16.4. The third kappa shape index (κ3) is 5.38. The molecule has 1 aromatic heterocycles. The molecule has 1 atom stereocenters. The number of aryl methyl sites for hydroxylation is 1. The summed E-state index contributed by atoms with van der Waals surface area (Å²) in [5.74, 6) is 0.405. The minimum Gasteiger partial charge on any atom is -0.496 e. The molecule has 0 unspecified atom stereocenters. The molecule has 4 rings (SSSR count). The molecule has 3 aromatic rings. The molecule has 1 aliphatic rings. The zero-order valence-electron chi connectivity index (χ0n) is 19.3. The van der Waals surface area contributed by atoms with Gasteiger partial charge in [-0.3, -0.25) is 9.88 Å². The molecule has 0 bridgehead atoms. The fourth-order valence-electron chi connectivity index (χ4n) is 4.30. The normalized spacial score (nSPS) is 15.8. The number of nitrogens with one attached hydrogen (secondary N) is 1. The van der Waals surface area contributed by atoms with Crippen LogP contribution < -0.4 is 14.4 Å². The van der Waals surface area contributed by atoms with Crippen molar-refractivity contribution in [2.45, 2.75) is 17.9 Å². The minimum atomic E-state index is -3.72. The molecule has 0 radical (unpaired) electrons. The molecule has 0 aliphatic carbocycles. The van der Waals surface area contributed by atoms with Gasteiger partial charge in [-0.2, -0.15) is 0 Å². The summed E-state index contributed by atoms with van der Waals surface area (Å²) < 4.78 is 48.3. The maximum Gasteiger partial charge on any atom is 0.240 e. The van der Waals surface area contributed by atoms with Crippen LogP contribution >= 0.6 is 0 Å². The summed E-state index contributed by atoms with van der Waals surface area (Å²) in [6.07, 6.45) is 3.46.